The summed E-state index contributed by atoms with van der Waals surface area (Å²) in [4.78, 5) is 4.18. The number of nitrogens with zero attached hydrogens (tertiary/aromatic N) is 2. The van der Waals surface area contributed by atoms with E-state index in [0.717, 1.165) is 12.2 Å². The Morgan fingerprint density at radius 2 is 2.22 bits per heavy atom. The second-order valence-electron chi connectivity index (χ2n) is 4.88. The predicted octanol–water partition coefficient (Wildman–Crippen LogP) is 2.43. The van der Waals surface area contributed by atoms with Crippen LogP contribution in [0.3, 0.4) is 0 Å². The molecule has 0 amide bonds. The molecule has 1 N–H and O–H groups in total. The molecule has 1 saturated heterocycles. The minimum atomic E-state index is -4.12. The Kier molecular flexibility index (Phi) is 3.94. The minimum absolute atomic E-state index is 0.0536. The van der Waals surface area contributed by atoms with Crippen molar-refractivity contribution in [1.29, 1.82) is 0 Å². The van der Waals surface area contributed by atoms with Gasteiger partial charge in [-0.15, -0.1) is 0 Å². The molecule has 2 atom stereocenters. The van der Waals surface area contributed by atoms with Crippen LogP contribution in [0.15, 0.2) is 12.4 Å². The first-order chi connectivity index (χ1) is 8.47. The maximum absolute atomic E-state index is 12.6. The molecule has 0 aromatic carbocycles. The van der Waals surface area contributed by atoms with E-state index in [0.29, 0.717) is 19.3 Å². The summed E-state index contributed by atoms with van der Waals surface area (Å²) in [5.41, 5.74) is 0. The van der Waals surface area contributed by atoms with Crippen molar-refractivity contribution in [3.63, 3.8) is 0 Å². The van der Waals surface area contributed by atoms with Gasteiger partial charge in [-0.2, -0.15) is 13.2 Å². The summed E-state index contributed by atoms with van der Waals surface area (Å²) in [6.45, 7) is 0. The topological polar surface area (TPSA) is 29.9 Å². The van der Waals surface area contributed by atoms with E-state index in [9.17, 15) is 13.2 Å². The molecule has 1 aromatic heterocycles. The van der Waals surface area contributed by atoms with Gasteiger partial charge in [0.2, 0.25) is 0 Å². The Labute approximate surface area is 104 Å². The summed E-state index contributed by atoms with van der Waals surface area (Å²) >= 11 is 0. The summed E-state index contributed by atoms with van der Waals surface area (Å²) in [5.74, 6) is 0.922. The second-order valence-corrected chi connectivity index (χ2v) is 4.88. The highest BCUT2D eigenvalue weighted by Crippen LogP contribution is 2.28. The maximum atomic E-state index is 12.6. The van der Waals surface area contributed by atoms with Gasteiger partial charge >= 0.3 is 6.18 Å². The molecule has 1 aromatic rings. The van der Waals surface area contributed by atoms with Gasteiger partial charge in [0.25, 0.3) is 0 Å². The Hall–Kier alpha value is -1.04. The third-order valence-electron chi connectivity index (χ3n) is 3.51. The second kappa shape index (κ2) is 5.30. The first-order valence-electron chi connectivity index (χ1n) is 6.26. The van der Waals surface area contributed by atoms with Crippen LogP contribution in [-0.4, -0.2) is 27.8 Å². The van der Waals surface area contributed by atoms with Gasteiger partial charge in [0.15, 0.2) is 0 Å². The lowest BCUT2D eigenvalue weighted by Gasteiger charge is -2.32. The van der Waals surface area contributed by atoms with Gasteiger partial charge in [-0.05, 0) is 19.3 Å². The molecule has 0 spiro atoms. The zero-order valence-electron chi connectivity index (χ0n) is 10.4. The lowest BCUT2D eigenvalue weighted by Crippen LogP contribution is -2.50. The Morgan fingerprint density at radius 3 is 2.83 bits per heavy atom. The van der Waals surface area contributed by atoms with E-state index in [4.69, 9.17) is 0 Å². The van der Waals surface area contributed by atoms with E-state index in [1.165, 1.54) is 0 Å². The first kappa shape index (κ1) is 13.4. The standard InChI is InChI=1S/C12H18F3N3/c1-18-8-7-16-11(18)6-5-9-3-2-4-10(17-9)12(13,14)15/h7-10,17H,2-6H2,1H3. The molecule has 0 radical (unpaired) electrons. The van der Waals surface area contributed by atoms with Gasteiger partial charge < -0.3 is 9.88 Å². The molecular formula is C12H18F3N3. The van der Waals surface area contributed by atoms with Crippen molar-refractivity contribution in [3.05, 3.63) is 18.2 Å². The Bertz CT molecular complexity index is 386. The van der Waals surface area contributed by atoms with Crippen molar-refractivity contribution in [2.45, 2.75) is 50.4 Å². The molecule has 0 saturated carbocycles. The summed E-state index contributed by atoms with van der Waals surface area (Å²) in [6.07, 6.45) is 2.51. The van der Waals surface area contributed by atoms with Crippen molar-refractivity contribution >= 4 is 0 Å². The number of hydrogen-bond donors (Lipinski definition) is 1. The largest absolute Gasteiger partial charge is 0.403 e. The molecule has 2 unspecified atom stereocenters. The number of halogens is 3. The molecule has 0 bridgehead atoms. The molecular weight excluding hydrogens is 243 g/mol. The molecule has 3 nitrogen and oxygen atoms in total. The highest BCUT2D eigenvalue weighted by atomic mass is 19.4. The van der Waals surface area contributed by atoms with Crippen LogP contribution in [0.1, 0.15) is 31.5 Å². The van der Waals surface area contributed by atoms with Crippen LogP contribution in [0.2, 0.25) is 0 Å². The Morgan fingerprint density at radius 1 is 1.44 bits per heavy atom. The number of aryl methyl sites for hydroxylation is 2. The highest BCUT2D eigenvalue weighted by Gasteiger charge is 2.41. The average Bonchev–Trinajstić information content (AvgIpc) is 2.72. The normalized spacial score (nSPS) is 25.3. The number of hydrogen-bond acceptors (Lipinski definition) is 2. The molecule has 1 aliphatic rings. The monoisotopic (exact) mass is 261 g/mol. The fraction of sp³-hybridized carbons (Fsp3) is 0.750. The van der Waals surface area contributed by atoms with E-state index in [-0.39, 0.29) is 12.5 Å². The molecule has 102 valence electrons. The molecule has 18 heavy (non-hydrogen) atoms. The number of imidazole rings is 1. The van der Waals surface area contributed by atoms with Gasteiger partial charge in [-0.25, -0.2) is 4.98 Å². The first-order valence-corrected chi connectivity index (χ1v) is 6.26. The van der Waals surface area contributed by atoms with E-state index < -0.39 is 12.2 Å². The van der Waals surface area contributed by atoms with Gasteiger partial charge in [-0.3, -0.25) is 0 Å². The number of piperidine rings is 1. The summed E-state index contributed by atoms with van der Waals surface area (Å²) in [7, 11) is 1.90. The molecule has 0 aliphatic carbocycles. The van der Waals surface area contributed by atoms with E-state index in [1.54, 1.807) is 6.20 Å². The van der Waals surface area contributed by atoms with Crippen molar-refractivity contribution in [3.8, 4) is 0 Å². The van der Waals surface area contributed by atoms with E-state index >= 15 is 0 Å². The summed E-state index contributed by atoms with van der Waals surface area (Å²) in [6, 6.07) is -1.39. The zero-order valence-corrected chi connectivity index (χ0v) is 10.4. The van der Waals surface area contributed by atoms with Crippen LogP contribution in [0, 0.1) is 0 Å². The molecule has 1 aliphatic heterocycles. The lowest BCUT2D eigenvalue weighted by molar-refractivity contribution is -0.163. The third-order valence-corrected chi connectivity index (χ3v) is 3.51. The third kappa shape index (κ3) is 3.25. The number of aromatic nitrogens is 2. The number of rotatable bonds is 3. The van der Waals surface area contributed by atoms with Gasteiger partial charge in [-0.1, -0.05) is 6.42 Å². The van der Waals surface area contributed by atoms with Crippen molar-refractivity contribution < 1.29 is 13.2 Å². The smallest absolute Gasteiger partial charge is 0.338 e. The predicted molar refractivity (Wildman–Crippen MR) is 62.1 cm³/mol. The van der Waals surface area contributed by atoms with Crippen molar-refractivity contribution in [1.82, 2.24) is 14.9 Å². The van der Waals surface area contributed by atoms with Crippen LogP contribution in [-0.2, 0) is 13.5 Å². The van der Waals surface area contributed by atoms with Crippen LogP contribution in [0.5, 0.6) is 0 Å². The van der Waals surface area contributed by atoms with Crippen LogP contribution in [0.4, 0.5) is 13.2 Å². The van der Waals surface area contributed by atoms with Gasteiger partial charge in [0.1, 0.15) is 11.9 Å². The van der Waals surface area contributed by atoms with Gasteiger partial charge in [0.05, 0.1) is 0 Å². The van der Waals surface area contributed by atoms with Crippen LogP contribution in [0.25, 0.3) is 0 Å². The fourth-order valence-electron chi connectivity index (χ4n) is 2.45. The van der Waals surface area contributed by atoms with Crippen molar-refractivity contribution in [2.24, 2.45) is 7.05 Å². The number of alkyl halides is 3. The molecule has 2 rings (SSSR count). The highest BCUT2D eigenvalue weighted by molar-refractivity contribution is 4.93. The molecule has 6 heteroatoms. The van der Waals surface area contributed by atoms with E-state index in [1.807, 2.05) is 17.8 Å². The minimum Gasteiger partial charge on any atom is -0.338 e. The zero-order chi connectivity index (χ0) is 13.2. The molecule has 2 heterocycles. The number of nitrogens with one attached hydrogen (secondary N) is 1. The summed E-state index contributed by atoms with van der Waals surface area (Å²) in [5, 5.41) is 2.71. The van der Waals surface area contributed by atoms with Crippen LogP contribution >= 0.6 is 0 Å². The molecule has 1 fully saturated rings. The van der Waals surface area contributed by atoms with Crippen LogP contribution < -0.4 is 5.32 Å². The SMILES string of the molecule is Cn1ccnc1CCC1CCCC(C(F)(F)F)N1. The van der Waals surface area contributed by atoms with Gasteiger partial charge in [0, 0.05) is 31.9 Å². The lowest BCUT2D eigenvalue weighted by atomic mass is 9.95. The van der Waals surface area contributed by atoms with Crippen molar-refractivity contribution in [2.75, 3.05) is 0 Å². The Balaban J connectivity index is 1.85. The quantitative estimate of drug-likeness (QED) is 0.905. The average molecular weight is 261 g/mol. The fourth-order valence-corrected chi connectivity index (χ4v) is 2.45. The summed E-state index contributed by atoms with van der Waals surface area (Å²) < 4.78 is 39.7. The maximum Gasteiger partial charge on any atom is 0.403 e. The van der Waals surface area contributed by atoms with E-state index in [2.05, 4.69) is 10.3 Å².